The fraction of sp³-hybridized carbons (Fsp3) is 0.474. The van der Waals surface area contributed by atoms with Crippen LogP contribution in [0.15, 0.2) is 30.3 Å². The van der Waals surface area contributed by atoms with Crippen molar-refractivity contribution >= 4 is 5.91 Å². The van der Waals surface area contributed by atoms with E-state index in [0.717, 1.165) is 22.5 Å². The van der Waals surface area contributed by atoms with Gasteiger partial charge < -0.3 is 9.64 Å². The van der Waals surface area contributed by atoms with E-state index < -0.39 is 0 Å². The summed E-state index contributed by atoms with van der Waals surface area (Å²) < 4.78 is 7.69. The first kappa shape index (κ1) is 16.7. The van der Waals surface area contributed by atoms with Gasteiger partial charge in [-0.3, -0.25) is 9.48 Å². The second kappa shape index (κ2) is 6.77. The molecule has 1 aromatic carbocycles. The van der Waals surface area contributed by atoms with Gasteiger partial charge in [0.1, 0.15) is 0 Å². The summed E-state index contributed by atoms with van der Waals surface area (Å²) in [4.78, 5) is 14.7. The summed E-state index contributed by atoms with van der Waals surface area (Å²) in [6.07, 6.45) is 0.158. The van der Waals surface area contributed by atoms with E-state index in [4.69, 9.17) is 4.74 Å². The Kier molecular flexibility index (Phi) is 4.71. The van der Waals surface area contributed by atoms with Crippen LogP contribution in [0.5, 0.6) is 0 Å². The smallest absolute Gasteiger partial charge is 0.254 e. The summed E-state index contributed by atoms with van der Waals surface area (Å²) in [6.45, 7) is 10.0. The van der Waals surface area contributed by atoms with E-state index in [9.17, 15) is 4.79 Å². The molecule has 1 aliphatic rings. The van der Waals surface area contributed by atoms with Gasteiger partial charge >= 0.3 is 0 Å². The van der Waals surface area contributed by atoms with Crippen molar-refractivity contribution < 1.29 is 9.53 Å². The quantitative estimate of drug-likeness (QED) is 0.871. The van der Waals surface area contributed by atoms with Gasteiger partial charge in [0.15, 0.2) is 0 Å². The van der Waals surface area contributed by atoms with Crippen LogP contribution in [-0.4, -0.2) is 45.9 Å². The van der Waals surface area contributed by atoms with E-state index >= 15 is 0 Å². The van der Waals surface area contributed by atoms with E-state index in [2.05, 4.69) is 11.2 Å². The van der Waals surface area contributed by atoms with Gasteiger partial charge in [0.05, 0.1) is 24.4 Å². The zero-order valence-corrected chi connectivity index (χ0v) is 14.8. The van der Waals surface area contributed by atoms with Gasteiger partial charge in [-0.1, -0.05) is 12.1 Å². The molecule has 24 heavy (non-hydrogen) atoms. The van der Waals surface area contributed by atoms with Crippen molar-refractivity contribution in [2.24, 2.45) is 0 Å². The minimum absolute atomic E-state index is 0.0761. The van der Waals surface area contributed by atoms with Crippen LogP contribution < -0.4 is 0 Å². The molecule has 128 valence electrons. The van der Waals surface area contributed by atoms with Crippen molar-refractivity contribution in [1.82, 2.24) is 14.7 Å². The number of ether oxygens (including phenoxy) is 1. The standard InChI is InChI=1S/C19H25N3O2/c1-13-8-14(2)22(20-13)12-17-6-5-7-18(9-17)19(23)21-10-15(3)24-16(4)11-21/h5-9,15-16H,10-12H2,1-4H3/t15-,16-/m0/s1. The molecule has 0 unspecified atom stereocenters. The van der Waals surface area contributed by atoms with Gasteiger partial charge in [-0.05, 0) is 51.5 Å². The summed E-state index contributed by atoms with van der Waals surface area (Å²) in [7, 11) is 0. The lowest BCUT2D eigenvalue weighted by Crippen LogP contribution is -2.48. The van der Waals surface area contributed by atoms with Crippen LogP contribution in [0.25, 0.3) is 0 Å². The second-order valence-corrected chi connectivity index (χ2v) is 6.75. The molecule has 0 bridgehead atoms. The number of aromatic nitrogens is 2. The number of rotatable bonds is 3. The zero-order valence-electron chi connectivity index (χ0n) is 14.8. The Balaban J connectivity index is 1.77. The van der Waals surface area contributed by atoms with Crippen LogP contribution in [0.4, 0.5) is 0 Å². The van der Waals surface area contributed by atoms with Crippen molar-refractivity contribution in [3.8, 4) is 0 Å². The van der Waals surface area contributed by atoms with Crippen molar-refractivity contribution in [2.45, 2.75) is 46.4 Å². The van der Waals surface area contributed by atoms with E-state index in [1.165, 1.54) is 0 Å². The Hall–Kier alpha value is -2.14. The molecule has 2 atom stereocenters. The van der Waals surface area contributed by atoms with Gasteiger partial charge in [0.2, 0.25) is 0 Å². The normalized spacial score (nSPS) is 21.1. The number of hydrogen-bond donors (Lipinski definition) is 0. The largest absolute Gasteiger partial charge is 0.372 e. The van der Waals surface area contributed by atoms with Crippen molar-refractivity contribution in [3.63, 3.8) is 0 Å². The molecule has 1 aromatic heterocycles. The Bertz CT molecular complexity index is 728. The van der Waals surface area contributed by atoms with E-state index in [0.29, 0.717) is 19.6 Å². The maximum absolute atomic E-state index is 12.8. The molecule has 2 aromatic rings. The van der Waals surface area contributed by atoms with Crippen LogP contribution >= 0.6 is 0 Å². The third kappa shape index (κ3) is 3.67. The number of amides is 1. The summed E-state index contributed by atoms with van der Waals surface area (Å²) >= 11 is 0. The first-order valence-corrected chi connectivity index (χ1v) is 8.47. The predicted molar refractivity (Wildman–Crippen MR) is 93.2 cm³/mol. The third-order valence-electron chi connectivity index (χ3n) is 4.32. The Morgan fingerprint density at radius 1 is 1.21 bits per heavy atom. The fourth-order valence-corrected chi connectivity index (χ4v) is 3.34. The van der Waals surface area contributed by atoms with Gasteiger partial charge in [0.25, 0.3) is 5.91 Å². The molecule has 1 amide bonds. The number of morpholine rings is 1. The molecular formula is C19H25N3O2. The molecule has 0 N–H and O–H groups in total. The summed E-state index contributed by atoms with van der Waals surface area (Å²) in [5.41, 5.74) is 3.95. The average Bonchev–Trinajstić information content (AvgIpc) is 2.83. The Morgan fingerprint density at radius 2 is 1.92 bits per heavy atom. The molecule has 5 heteroatoms. The molecule has 5 nitrogen and oxygen atoms in total. The lowest BCUT2D eigenvalue weighted by atomic mass is 10.1. The molecule has 1 aliphatic heterocycles. The van der Waals surface area contributed by atoms with Crippen LogP contribution in [0.2, 0.25) is 0 Å². The highest BCUT2D eigenvalue weighted by atomic mass is 16.5. The number of aryl methyl sites for hydroxylation is 2. The molecule has 0 radical (unpaired) electrons. The van der Waals surface area contributed by atoms with Crippen LogP contribution in [0.1, 0.15) is 41.2 Å². The second-order valence-electron chi connectivity index (χ2n) is 6.75. The van der Waals surface area contributed by atoms with Gasteiger partial charge in [0, 0.05) is 24.3 Å². The summed E-state index contributed by atoms with van der Waals surface area (Å²) in [5.74, 6) is 0.0761. The van der Waals surface area contributed by atoms with Gasteiger partial charge in [-0.2, -0.15) is 5.10 Å². The average molecular weight is 327 g/mol. The highest BCUT2D eigenvalue weighted by Crippen LogP contribution is 2.16. The minimum Gasteiger partial charge on any atom is -0.372 e. The number of carbonyl (C=O) groups excluding carboxylic acids is 1. The summed E-state index contributed by atoms with van der Waals surface area (Å²) in [5, 5.41) is 4.49. The van der Waals surface area contributed by atoms with E-state index in [1.807, 2.05) is 61.5 Å². The Morgan fingerprint density at radius 3 is 2.54 bits per heavy atom. The highest BCUT2D eigenvalue weighted by Gasteiger charge is 2.26. The SMILES string of the molecule is Cc1cc(C)n(Cc2cccc(C(=O)N3C[C@H](C)O[C@@H](C)C3)c2)n1. The molecule has 1 saturated heterocycles. The topological polar surface area (TPSA) is 47.4 Å². The monoisotopic (exact) mass is 327 g/mol. The maximum Gasteiger partial charge on any atom is 0.254 e. The van der Waals surface area contributed by atoms with E-state index in [-0.39, 0.29) is 18.1 Å². The molecule has 0 aliphatic carbocycles. The molecular weight excluding hydrogens is 302 g/mol. The lowest BCUT2D eigenvalue weighted by Gasteiger charge is -2.35. The number of nitrogens with zero attached hydrogens (tertiary/aromatic N) is 3. The number of hydrogen-bond acceptors (Lipinski definition) is 3. The minimum atomic E-state index is 0.0761. The Labute approximate surface area is 143 Å². The van der Waals surface area contributed by atoms with E-state index in [1.54, 1.807) is 0 Å². The molecule has 0 saturated carbocycles. The number of benzene rings is 1. The lowest BCUT2D eigenvalue weighted by molar-refractivity contribution is -0.0586. The molecule has 1 fully saturated rings. The van der Waals surface area contributed by atoms with Crippen LogP contribution in [-0.2, 0) is 11.3 Å². The van der Waals surface area contributed by atoms with Crippen molar-refractivity contribution in [3.05, 3.63) is 52.8 Å². The van der Waals surface area contributed by atoms with Crippen molar-refractivity contribution in [1.29, 1.82) is 0 Å². The summed E-state index contributed by atoms with van der Waals surface area (Å²) in [6, 6.07) is 9.91. The van der Waals surface area contributed by atoms with Crippen LogP contribution in [0, 0.1) is 13.8 Å². The van der Waals surface area contributed by atoms with Crippen molar-refractivity contribution in [2.75, 3.05) is 13.1 Å². The fourth-order valence-electron chi connectivity index (χ4n) is 3.34. The zero-order chi connectivity index (χ0) is 17.3. The molecule has 2 heterocycles. The highest BCUT2D eigenvalue weighted by molar-refractivity contribution is 5.94. The van der Waals surface area contributed by atoms with Gasteiger partial charge in [-0.15, -0.1) is 0 Å². The molecule has 0 spiro atoms. The van der Waals surface area contributed by atoms with Crippen LogP contribution in [0.3, 0.4) is 0 Å². The molecule has 3 rings (SSSR count). The first-order chi connectivity index (χ1) is 11.4. The maximum atomic E-state index is 12.8. The first-order valence-electron chi connectivity index (χ1n) is 8.47. The predicted octanol–water partition coefficient (Wildman–Crippen LogP) is 2.80. The van der Waals surface area contributed by atoms with Gasteiger partial charge in [-0.25, -0.2) is 0 Å². The number of carbonyl (C=O) groups is 1. The third-order valence-corrected chi connectivity index (χ3v) is 4.32.